The number of hydrogen-bond donors (Lipinski definition) is 1. The average molecular weight is 352 g/mol. The van der Waals surface area contributed by atoms with Crippen molar-refractivity contribution in [2.45, 2.75) is 12.5 Å². The minimum Gasteiger partial charge on any atom is -0.482 e. The molecular formula is C18H19ClFNOS. The Balaban J connectivity index is 0.00000192. The second-order valence-corrected chi connectivity index (χ2v) is 6.07. The fraction of sp³-hybridized carbons (Fsp3) is 0.222. The van der Waals surface area contributed by atoms with Crippen molar-refractivity contribution in [3.05, 3.63) is 65.3 Å². The first kappa shape index (κ1) is 17.7. The van der Waals surface area contributed by atoms with Crippen LogP contribution in [0, 0.1) is 5.82 Å². The van der Waals surface area contributed by atoms with Crippen LogP contribution in [0.1, 0.15) is 18.1 Å². The van der Waals surface area contributed by atoms with E-state index in [1.807, 2.05) is 48.8 Å². The van der Waals surface area contributed by atoms with Gasteiger partial charge in [-0.3, -0.25) is 0 Å². The van der Waals surface area contributed by atoms with Crippen molar-refractivity contribution in [2.24, 2.45) is 0 Å². The summed E-state index contributed by atoms with van der Waals surface area (Å²) < 4.78 is 21.4. The number of ether oxygens (including phenoxy) is 1. The lowest BCUT2D eigenvalue weighted by atomic mass is 10.1. The molecule has 0 unspecified atom stereocenters. The van der Waals surface area contributed by atoms with E-state index in [2.05, 4.69) is 5.32 Å². The molecular weight excluding hydrogens is 333 g/mol. The maximum atomic E-state index is 14.3. The van der Waals surface area contributed by atoms with Gasteiger partial charge >= 0.3 is 0 Å². The number of halogens is 2. The van der Waals surface area contributed by atoms with E-state index < -0.39 is 0 Å². The van der Waals surface area contributed by atoms with E-state index in [4.69, 9.17) is 4.74 Å². The van der Waals surface area contributed by atoms with Gasteiger partial charge in [0.05, 0.1) is 0 Å². The Morgan fingerprint density at radius 2 is 1.91 bits per heavy atom. The maximum Gasteiger partial charge on any atom is 0.165 e. The molecule has 0 amide bonds. The number of nitrogens with one attached hydrogen (secondary N) is 1. The molecule has 0 aliphatic heterocycles. The molecule has 5 heteroatoms. The van der Waals surface area contributed by atoms with Crippen LogP contribution in [0.5, 0.6) is 5.75 Å². The van der Waals surface area contributed by atoms with Gasteiger partial charge in [-0.15, -0.1) is 23.7 Å². The van der Waals surface area contributed by atoms with Gasteiger partial charge in [0, 0.05) is 16.5 Å². The molecule has 0 bridgehead atoms. The maximum absolute atomic E-state index is 14.3. The van der Waals surface area contributed by atoms with E-state index in [1.54, 1.807) is 17.4 Å². The van der Waals surface area contributed by atoms with Gasteiger partial charge in [0.15, 0.2) is 11.6 Å². The Morgan fingerprint density at radius 3 is 2.65 bits per heavy atom. The highest BCUT2D eigenvalue weighted by Crippen LogP contribution is 2.35. The largest absolute Gasteiger partial charge is 0.482 e. The monoisotopic (exact) mass is 351 g/mol. The predicted molar refractivity (Wildman–Crippen MR) is 97.4 cm³/mol. The minimum atomic E-state index is -0.309. The van der Waals surface area contributed by atoms with Crippen LogP contribution in [-0.4, -0.2) is 13.6 Å². The molecule has 1 heterocycles. The van der Waals surface area contributed by atoms with Crippen molar-refractivity contribution in [3.63, 3.8) is 0 Å². The Morgan fingerprint density at radius 1 is 1.13 bits per heavy atom. The molecule has 3 rings (SSSR count). The van der Waals surface area contributed by atoms with Crippen molar-refractivity contribution in [1.29, 1.82) is 0 Å². The summed E-state index contributed by atoms with van der Waals surface area (Å²) in [4.78, 5) is 0. The molecule has 0 saturated heterocycles. The zero-order valence-electron chi connectivity index (χ0n) is 12.8. The SMILES string of the molecule is CNCC[C@H](Oc1c(F)ccc2sccc12)c1ccccc1.Cl. The summed E-state index contributed by atoms with van der Waals surface area (Å²) in [5.74, 6) is 0.0417. The van der Waals surface area contributed by atoms with Crippen molar-refractivity contribution in [3.8, 4) is 5.75 Å². The number of thiophene rings is 1. The Bertz CT molecular complexity index is 747. The molecule has 0 spiro atoms. The summed E-state index contributed by atoms with van der Waals surface area (Å²) in [5, 5.41) is 5.93. The molecule has 0 saturated carbocycles. The highest BCUT2D eigenvalue weighted by atomic mass is 35.5. The highest BCUT2D eigenvalue weighted by Gasteiger charge is 2.17. The molecule has 1 N–H and O–H groups in total. The zero-order chi connectivity index (χ0) is 15.4. The molecule has 1 atom stereocenters. The average Bonchev–Trinajstić information content (AvgIpc) is 3.03. The molecule has 23 heavy (non-hydrogen) atoms. The normalized spacial score (nSPS) is 11.9. The number of hydrogen-bond acceptors (Lipinski definition) is 3. The zero-order valence-corrected chi connectivity index (χ0v) is 14.4. The molecule has 0 radical (unpaired) electrons. The molecule has 0 aliphatic carbocycles. The Labute approximate surface area is 145 Å². The van der Waals surface area contributed by atoms with Crippen molar-refractivity contribution < 1.29 is 9.13 Å². The van der Waals surface area contributed by atoms with Crippen LogP contribution < -0.4 is 10.1 Å². The molecule has 3 aromatic rings. The molecule has 1 aromatic heterocycles. The first-order chi connectivity index (χ1) is 10.8. The van der Waals surface area contributed by atoms with Gasteiger partial charge < -0.3 is 10.1 Å². The third-order valence-corrected chi connectivity index (χ3v) is 4.51. The van der Waals surface area contributed by atoms with Crippen LogP contribution in [0.3, 0.4) is 0 Å². The lowest BCUT2D eigenvalue weighted by Crippen LogP contribution is -2.16. The highest BCUT2D eigenvalue weighted by molar-refractivity contribution is 7.17. The van der Waals surface area contributed by atoms with Gasteiger partial charge in [-0.25, -0.2) is 4.39 Å². The van der Waals surface area contributed by atoms with Gasteiger partial charge in [0.25, 0.3) is 0 Å². The Kier molecular flexibility index (Phi) is 6.39. The third-order valence-electron chi connectivity index (χ3n) is 3.63. The standard InChI is InChI=1S/C18H18FNOS.ClH/c1-20-11-9-16(13-5-3-2-4-6-13)21-18-14-10-12-22-17(14)8-7-15(18)19;/h2-8,10,12,16,20H,9,11H2,1H3;1H/t16-;/m0./s1. The van der Waals surface area contributed by atoms with Crippen LogP contribution in [0.4, 0.5) is 4.39 Å². The number of rotatable bonds is 6. The lowest BCUT2D eigenvalue weighted by molar-refractivity contribution is 0.189. The van der Waals surface area contributed by atoms with Crippen LogP contribution in [0.25, 0.3) is 10.1 Å². The molecule has 122 valence electrons. The Hall–Kier alpha value is -1.62. The van der Waals surface area contributed by atoms with Gasteiger partial charge in [0.1, 0.15) is 6.10 Å². The van der Waals surface area contributed by atoms with E-state index >= 15 is 0 Å². The van der Waals surface area contributed by atoms with Crippen LogP contribution in [-0.2, 0) is 0 Å². The van der Waals surface area contributed by atoms with E-state index in [0.29, 0.717) is 5.75 Å². The second-order valence-electron chi connectivity index (χ2n) is 5.12. The molecule has 0 fully saturated rings. The van der Waals surface area contributed by atoms with E-state index in [1.165, 1.54) is 6.07 Å². The van der Waals surface area contributed by atoms with Crippen molar-refractivity contribution in [1.82, 2.24) is 5.32 Å². The first-order valence-corrected chi connectivity index (χ1v) is 8.19. The van der Waals surface area contributed by atoms with Crippen molar-refractivity contribution >= 4 is 33.8 Å². The summed E-state index contributed by atoms with van der Waals surface area (Å²) in [5.41, 5.74) is 1.06. The third kappa shape index (κ3) is 4.02. The second kappa shape index (κ2) is 8.29. The van der Waals surface area contributed by atoms with Gasteiger partial charge in [-0.05, 0) is 42.7 Å². The fourth-order valence-electron chi connectivity index (χ4n) is 2.49. The van der Waals surface area contributed by atoms with E-state index in [9.17, 15) is 4.39 Å². The summed E-state index contributed by atoms with van der Waals surface area (Å²) in [7, 11) is 1.90. The van der Waals surface area contributed by atoms with Gasteiger partial charge in [0.2, 0.25) is 0 Å². The molecule has 2 nitrogen and oxygen atoms in total. The molecule has 0 aliphatic rings. The fourth-order valence-corrected chi connectivity index (χ4v) is 3.27. The first-order valence-electron chi connectivity index (χ1n) is 7.31. The summed E-state index contributed by atoms with van der Waals surface area (Å²) in [6.45, 7) is 0.806. The lowest BCUT2D eigenvalue weighted by Gasteiger charge is -2.20. The quantitative estimate of drug-likeness (QED) is 0.659. The molecule has 2 aromatic carbocycles. The number of fused-ring (bicyclic) bond motifs is 1. The van der Waals surface area contributed by atoms with E-state index in [0.717, 1.165) is 28.6 Å². The smallest absolute Gasteiger partial charge is 0.165 e. The topological polar surface area (TPSA) is 21.3 Å². The number of benzene rings is 2. The summed E-state index contributed by atoms with van der Waals surface area (Å²) >= 11 is 1.59. The predicted octanol–water partition coefficient (Wildman–Crippen LogP) is 5.19. The van der Waals surface area contributed by atoms with Gasteiger partial charge in [-0.1, -0.05) is 30.3 Å². The van der Waals surface area contributed by atoms with Crippen molar-refractivity contribution in [2.75, 3.05) is 13.6 Å². The van der Waals surface area contributed by atoms with Gasteiger partial charge in [-0.2, -0.15) is 0 Å². The van der Waals surface area contributed by atoms with Crippen LogP contribution >= 0.6 is 23.7 Å². The van der Waals surface area contributed by atoms with E-state index in [-0.39, 0.29) is 24.3 Å². The minimum absolute atomic E-state index is 0. The van der Waals surface area contributed by atoms with Crippen LogP contribution in [0.2, 0.25) is 0 Å². The summed E-state index contributed by atoms with van der Waals surface area (Å²) in [6.07, 6.45) is 0.606. The summed E-state index contributed by atoms with van der Waals surface area (Å²) in [6, 6.07) is 15.2. The van der Waals surface area contributed by atoms with Crippen LogP contribution in [0.15, 0.2) is 53.9 Å².